The Morgan fingerprint density at radius 3 is 2.88 bits per heavy atom. The number of nitrogens with one attached hydrogen (secondary N) is 1. The lowest BCUT2D eigenvalue weighted by Crippen LogP contribution is -2.22. The molecule has 2 heteroatoms. The van der Waals surface area contributed by atoms with Gasteiger partial charge in [0.2, 0.25) is 0 Å². The summed E-state index contributed by atoms with van der Waals surface area (Å²) in [6.45, 7) is 5.20. The fourth-order valence-electron chi connectivity index (χ4n) is 2.73. The van der Waals surface area contributed by atoms with Crippen molar-refractivity contribution < 1.29 is 0 Å². The Kier molecular flexibility index (Phi) is 3.97. The molecular weight excluding hydrogens is 196 g/mol. The van der Waals surface area contributed by atoms with Gasteiger partial charge in [0.1, 0.15) is 0 Å². The lowest BCUT2D eigenvalue weighted by Gasteiger charge is -2.24. The zero-order valence-corrected chi connectivity index (χ0v) is 10.1. The third-order valence-corrected chi connectivity index (χ3v) is 3.67. The Bertz CT molecular complexity index is 335. The molecule has 2 atom stereocenters. The van der Waals surface area contributed by atoms with Crippen molar-refractivity contribution >= 4 is 0 Å². The van der Waals surface area contributed by atoms with Crippen molar-refractivity contribution in [3.8, 4) is 0 Å². The van der Waals surface area contributed by atoms with E-state index in [4.69, 9.17) is 5.73 Å². The van der Waals surface area contributed by atoms with Crippen LogP contribution in [-0.2, 0) is 0 Å². The summed E-state index contributed by atoms with van der Waals surface area (Å²) in [5.41, 5.74) is 8.73. The molecule has 1 aromatic rings. The van der Waals surface area contributed by atoms with Crippen molar-refractivity contribution in [3.05, 3.63) is 35.4 Å². The van der Waals surface area contributed by atoms with Gasteiger partial charge in [-0.3, -0.25) is 0 Å². The van der Waals surface area contributed by atoms with Gasteiger partial charge in [-0.2, -0.15) is 0 Å². The first kappa shape index (κ1) is 11.6. The highest BCUT2D eigenvalue weighted by atomic mass is 14.9. The van der Waals surface area contributed by atoms with E-state index < -0.39 is 0 Å². The first-order chi connectivity index (χ1) is 7.81. The third kappa shape index (κ3) is 2.63. The van der Waals surface area contributed by atoms with Gasteiger partial charge in [0, 0.05) is 0 Å². The minimum Gasteiger partial charge on any atom is -0.330 e. The van der Waals surface area contributed by atoms with Gasteiger partial charge in [-0.25, -0.2) is 0 Å². The van der Waals surface area contributed by atoms with Crippen molar-refractivity contribution in [2.45, 2.75) is 25.7 Å². The smallest absolute Gasteiger partial charge is 0.00425 e. The molecular formula is C14H22N2. The van der Waals surface area contributed by atoms with Crippen LogP contribution in [-0.4, -0.2) is 19.6 Å². The Balaban J connectivity index is 2.21. The van der Waals surface area contributed by atoms with Crippen LogP contribution in [0.15, 0.2) is 24.3 Å². The van der Waals surface area contributed by atoms with Crippen LogP contribution in [0.4, 0.5) is 0 Å². The van der Waals surface area contributed by atoms with Crippen LogP contribution in [0.3, 0.4) is 0 Å². The van der Waals surface area contributed by atoms with Gasteiger partial charge < -0.3 is 11.1 Å². The lowest BCUT2D eigenvalue weighted by atomic mass is 9.82. The Hall–Kier alpha value is -0.860. The van der Waals surface area contributed by atoms with E-state index in [0.29, 0.717) is 11.8 Å². The maximum Gasteiger partial charge on any atom is -0.00425 e. The molecule has 0 aromatic heterocycles. The Labute approximate surface area is 98.2 Å². The Morgan fingerprint density at radius 2 is 2.12 bits per heavy atom. The summed E-state index contributed by atoms with van der Waals surface area (Å²) in [5, 5.41) is 3.47. The van der Waals surface area contributed by atoms with Gasteiger partial charge >= 0.3 is 0 Å². The van der Waals surface area contributed by atoms with Gasteiger partial charge in [-0.05, 0) is 56.8 Å². The van der Waals surface area contributed by atoms with Crippen molar-refractivity contribution in [3.63, 3.8) is 0 Å². The molecule has 2 unspecified atom stereocenters. The number of hydrogen-bond donors (Lipinski definition) is 2. The van der Waals surface area contributed by atoms with Crippen LogP contribution in [0.25, 0.3) is 0 Å². The topological polar surface area (TPSA) is 38.0 Å². The second-order valence-electron chi connectivity index (χ2n) is 4.84. The molecule has 2 rings (SSSR count). The maximum absolute atomic E-state index is 5.91. The molecule has 1 aromatic carbocycles. The number of hydrogen-bond acceptors (Lipinski definition) is 2. The number of rotatable bonds is 2. The highest BCUT2D eigenvalue weighted by Gasteiger charge is 2.23. The molecule has 2 nitrogen and oxygen atoms in total. The van der Waals surface area contributed by atoms with E-state index in [1.165, 1.54) is 24.0 Å². The predicted octanol–water partition coefficient (Wildman–Crippen LogP) is 2.04. The van der Waals surface area contributed by atoms with Crippen LogP contribution < -0.4 is 11.1 Å². The molecule has 0 spiro atoms. The molecule has 1 heterocycles. The minimum atomic E-state index is 0.636. The number of nitrogens with two attached hydrogens (primary N) is 1. The van der Waals surface area contributed by atoms with Crippen LogP contribution in [0.5, 0.6) is 0 Å². The first-order valence-electron chi connectivity index (χ1n) is 6.28. The second kappa shape index (κ2) is 5.46. The van der Waals surface area contributed by atoms with Gasteiger partial charge in [0.25, 0.3) is 0 Å². The van der Waals surface area contributed by atoms with E-state index in [2.05, 4.69) is 36.5 Å². The average Bonchev–Trinajstić information content (AvgIpc) is 2.53. The minimum absolute atomic E-state index is 0.636. The summed E-state index contributed by atoms with van der Waals surface area (Å²) >= 11 is 0. The standard InChI is InChI=1S/C14H22N2/c1-11-3-2-4-12(9-11)14-6-8-16-7-5-13(14)10-15/h2-4,9,13-14,16H,5-8,10,15H2,1H3. The molecule has 0 bridgehead atoms. The molecule has 3 N–H and O–H groups in total. The van der Waals surface area contributed by atoms with Gasteiger partial charge in [-0.15, -0.1) is 0 Å². The van der Waals surface area contributed by atoms with Crippen molar-refractivity contribution in [1.29, 1.82) is 0 Å². The summed E-state index contributed by atoms with van der Waals surface area (Å²) < 4.78 is 0. The van der Waals surface area contributed by atoms with E-state index in [1.807, 2.05) is 0 Å². The Morgan fingerprint density at radius 1 is 1.31 bits per heavy atom. The van der Waals surface area contributed by atoms with E-state index in [9.17, 15) is 0 Å². The zero-order chi connectivity index (χ0) is 11.4. The number of aryl methyl sites for hydroxylation is 1. The SMILES string of the molecule is Cc1cccc(C2CCNCCC2CN)c1. The van der Waals surface area contributed by atoms with Crippen LogP contribution in [0, 0.1) is 12.8 Å². The van der Waals surface area contributed by atoms with Gasteiger partial charge in [-0.1, -0.05) is 29.8 Å². The molecule has 1 saturated heterocycles. The first-order valence-corrected chi connectivity index (χ1v) is 6.28. The summed E-state index contributed by atoms with van der Waals surface area (Å²) in [7, 11) is 0. The van der Waals surface area contributed by atoms with Crippen molar-refractivity contribution in [2.75, 3.05) is 19.6 Å². The summed E-state index contributed by atoms with van der Waals surface area (Å²) in [6.07, 6.45) is 2.42. The van der Waals surface area contributed by atoms with E-state index in [0.717, 1.165) is 19.6 Å². The zero-order valence-electron chi connectivity index (χ0n) is 10.1. The van der Waals surface area contributed by atoms with Gasteiger partial charge in [0.05, 0.1) is 0 Å². The van der Waals surface area contributed by atoms with E-state index in [1.54, 1.807) is 0 Å². The summed E-state index contributed by atoms with van der Waals surface area (Å²) in [4.78, 5) is 0. The lowest BCUT2D eigenvalue weighted by molar-refractivity contribution is 0.419. The van der Waals surface area contributed by atoms with Crippen molar-refractivity contribution in [1.82, 2.24) is 5.32 Å². The molecule has 1 fully saturated rings. The van der Waals surface area contributed by atoms with E-state index in [-0.39, 0.29) is 0 Å². The van der Waals surface area contributed by atoms with Crippen LogP contribution in [0.1, 0.15) is 29.9 Å². The highest BCUT2D eigenvalue weighted by Crippen LogP contribution is 2.31. The highest BCUT2D eigenvalue weighted by molar-refractivity contribution is 5.26. The molecule has 0 saturated carbocycles. The fraction of sp³-hybridized carbons (Fsp3) is 0.571. The maximum atomic E-state index is 5.91. The van der Waals surface area contributed by atoms with Crippen LogP contribution >= 0.6 is 0 Å². The molecule has 0 amide bonds. The molecule has 88 valence electrons. The molecule has 1 aliphatic heterocycles. The van der Waals surface area contributed by atoms with Crippen LogP contribution in [0.2, 0.25) is 0 Å². The molecule has 0 radical (unpaired) electrons. The second-order valence-corrected chi connectivity index (χ2v) is 4.84. The number of benzene rings is 1. The van der Waals surface area contributed by atoms with E-state index >= 15 is 0 Å². The normalized spacial score (nSPS) is 26.4. The fourth-order valence-corrected chi connectivity index (χ4v) is 2.73. The monoisotopic (exact) mass is 218 g/mol. The van der Waals surface area contributed by atoms with Crippen molar-refractivity contribution in [2.24, 2.45) is 11.7 Å². The summed E-state index contributed by atoms with van der Waals surface area (Å²) in [6, 6.07) is 8.90. The summed E-state index contributed by atoms with van der Waals surface area (Å²) in [5.74, 6) is 1.27. The molecule has 1 aliphatic rings. The molecule has 0 aliphatic carbocycles. The average molecular weight is 218 g/mol. The third-order valence-electron chi connectivity index (χ3n) is 3.67. The predicted molar refractivity (Wildman–Crippen MR) is 68.6 cm³/mol. The van der Waals surface area contributed by atoms with Gasteiger partial charge in [0.15, 0.2) is 0 Å². The largest absolute Gasteiger partial charge is 0.330 e. The quantitative estimate of drug-likeness (QED) is 0.797. The molecule has 16 heavy (non-hydrogen) atoms.